The Morgan fingerprint density at radius 1 is 1.36 bits per heavy atom. The number of likely N-dealkylation sites (tertiary alicyclic amines) is 1. The second kappa shape index (κ2) is 6.08. The quantitative estimate of drug-likeness (QED) is 0.825. The van der Waals surface area contributed by atoms with Gasteiger partial charge in [-0.2, -0.15) is 4.98 Å². The monoisotopic (exact) mass is 302 g/mol. The summed E-state index contributed by atoms with van der Waals surface area (Å²) in [5, 5.41) is 7.65. The lowest BCUT2D eigenvalue weighted by atomic mass is 10.1. The molecule has 0 atom stereocenters. The zero-order chi connectivity index (χ0) is 15.5. The van der Waals surface area contributed by atoms with Gasteiger partial charge in [-0.05, 0) is 6.92 Å². The number of aromatic nitrogens is 5. The van der Waals surface area contributed by atoms with Gasteiger partial charge in [-0.15, -0.1) is 5.10 Å². The van der Waals surface area contributed by atoms with E-state index in [1.165, 1.54) is 4.68 Å². The molecule has 8 heteroatoms. The Balaban J connectivity index is 1.55. The van der Waals surface area contributed by atoms with Crippen LogP contribution in [0.4, 0.5) is 0 Å². The van der Waals surface area contributed by atoms with Crippen LogP contribution >= 0.6 is 0 Å². The highest BCUT2D eigenvalue weighted by molar-refractivity contribution is 5.91. The Kier molecular flexibility index (Phi) is 3.99. The molecule has 0 saturated carbocycles. The number of amides is 1. The molecule has 1 amide bonds. The first kappa shape index (κ1) is 14.4. The molecule has 0 aromatic carbocycles. The summed E-state index contributed by atoms with van der Waals surface area (Å²) >= 11 is 0. The van der Waals surface area contributed by atoms with Crippen molar-refractivity contribution in [3.05, 3.63) is 30.0 Å². The van der Waals surface area contributed by atoms with Gasteiger partial charge in [0.1, 0.15) is 11.9 Å². The average molecular weight is 302 g/mol. The van der Waals surface area contributed by atoms with Crippen LogP contribution in [0.1, 0.15) is 29.2 Å². The van der Waals surface area contributed by atoms with Crippen LogP contribution in [-0.2, 0) is 7.05 Å². The van der Waals surface area contributed by atoms with Crippen LogP contribution in [0, 0.1) is 6.92 Å². The van der Waals surface area contributed by atoms with Crippen LogP contribution < -0.4 is 4.74 Å². The van der Waals surface area contributed by atoms with Gasteiger partial charge in [-0.25, -0.2) is 4.98 Å². The van der Waals surface area contributed by atoms with Crippen molar-refractivity contribution in [1.82, 2.24) is 29.9 Å². The number of carbonyl (C=O) groups is 1. The highest BCUT2D eigenvalue weighted by Crippen LogP contribution is 2.18. The first-order valence-electron chi connectivity index (χ1n) is 7.24. The smallest absolute Gasteiger partial charge is 0.276 e. The molecule has 3 rings (SSSR count). The Hall–Kier alpha value is -2.51. The van der Waals surface area contributed by atoms with Gasteiger partial charge in [0.05, 0.1) is 6.20 Å². The number of aryl methyl sites for hydroxylation is 2. The molecular formula is C14H18N6O2. The van der Waals surface area contributed by atoms with Crippen molar-refractivity contribution in [3.63, 3.8) is 0 Å². The van der Waals surface area contributed by atoms with Crippen LogP contribution in [0.2, 0.25) is 0 Å². The topological polar surface area (TPSA) is 86.0 Å². The van der Waals surface area contributed by atoms with Gasteiger partial charge < -0.3 is 9.64 Å². The van der Waals surface area contributed by atoms with Crippen molar-refractivity contribution in [2.75, 3.05) is 13.1 Å². The fourth-order valence-electron chi connectivity index (χ4n) is 2.45. The van der Waals surface area contributed by atoms with Gasteiger partial charge in [-0.1, -0.05) is 5.21 Å². The lowest BCUT2D eigenvalue weighted by Gasteiger charge is -2.31. The first-order valence-corrected chi connectivity index (χ1v) is 7.24. The lowest BCUT2D eigenvalue weighted by Crippen LogP contribution is -2.42. The highest BCUT2D eigenvalue weighted by atomic mass is 16.5. The maximum Gasteiger partial charge on any atom is 0.276 e. The highest BCUT2D eigenvalue weighted by Gasteiger charge is 2.26. The molecule has 3 heterocycles. The molecule has 1 aliphatic rings. The second-order valence-corrected chi connectivity index (χ2v) is 5.33. The van der Waals surface area contributed by atoms with Gasteiger partial charge in [0.2, 0.25) is 5.88 Å². The molecule has 0 radical (unpaired) electrons. The molecule has 22 heavy (non-hydrogen) atoms. The third kappa shape index (κ3) is 3.21. The Labute approximate surface area is 128 Å². The normalized spacial score (nSPS) is 15.8. The molecule has 0 unspecified atom stereocenters. The van der Waals surface area contributed by atoms with Crippen LogP contribution in [0.5, 0.6) is 5.88 Å². The largest absolute Gasteiger partial charge is 0.474 e. The minimum absolute atomic E-state index is 0.0696. The maximum absolute atomic E-state index is 12.3. The van der Waals surface area contributed by atoms with E-state index in [2.05, 4.69) is 20.3 Å². The van der Waals surface area contributed by atoms with Gasteiger partial charge in [0.25, 0.3) is 5.91 Å². The van der Waals surface area contributed by atoms with Gasteiger partial charge in [0.15, 0.2) is 5.69 Å². The van der Waals surface area contributed by atoms with E-state index in [1.807, 2.05) is 6.92 Å². The standard InChI is InChI=1S/C14H18N6O2/c1-10-15-6-3-13(16-10)22-11-4-7-20(8-5-11)14(21)12-9-19(2)18-17-12/h3,6,9,11H,4-5,7-8H2,1-2H3. The van der Waals surface area contributed by atoms with E-state index in [4.69, 9.17) is 4.74 Å². The molecule has 0 spiro atoms. The predicted octanol–water partition coefficient (Wildman–Crippen LogP) is 0.597. The molecule has 0 N–H and O–H groups in total. The molecule has 1 aliphatic heterocycles. The van der Waals surface area contributed by atoms with Crippen LogP contribution in [0.25, 0.3) is 0 Å². The Morgan fingerprint density at radius 3 is 2.77 bits per heavy atom. The number of hydrogen-bond acceptors (Lipinski definition) is 6. The van der Waals surface area contributed by atoms with E-state index in [1.54, 1.807) is 30.4 Å². The number of nitrogens with zero attached hydrogens (tertiary/aromatic N) is 6. The summed E-state index contributed by atoms with van der Waals surface area (Å²) in [6.07, 6.45) is 4.93. The van der Waals surface area contributed by atoms with Crippen LogP contribution in [0.3, 0.4) is 0 Å². The minimum atomic E-state index is -0.0792. The number of ether oxygens (including phenoxy) is 1. The molecule has 116 valence electrons. The van der Waals surface area contributed by atoms with Crippen molar-refractivity contribution in [1.29, 1.82) is 0 Å². The summed E-state index contributed by atoms with van der Waals surface area (Å²) in [7, 11) is 1.74. The second-order valence-electron chi connectivity index (χ2n) is 5.33. The van der Waals surface area contributed by atoms with E-state index < -0.39 is 0 Å². The maximum atomic E-state index is 12.3. The summed E-state index contributed by atoms with van der Waals surface area (Å²) in [5.41, 5.74) is 0.383. The molecular weight excluding hydrogens is 284 g/mol. The minimum Gasteiger partial charge on any atom is -0.474 e. The van der Waals surface area contributed by atoms with Crippen molar-refractivity contribution in [2.45, 2.75) is 25.9 Å². The first-order chi connectivity index (χ1) is 10.6. The Bertz CT molecular complexity index is 663. The fourth-order valence-corrected chi connectivity index (χ4v) is 2.45. The molecule has 1 saturated heterocycles. The molecule has 1 fully saturated rings. The van der Waals surface area contributed by atoms with Crippen LogP contribution in [-0.4, -0.2) is 55.0 Å². The number of piperidine rings is 1. The zero-order valence-corrected chi connectivity index (χ0v) is 12.6. The SMILES string of the molecule is Cc1nccc(OC2CCN(C(=O)c3cn(C)nn3)CC2)n1. The van der Waals surface area contributed by atoms with Crippen molar-refractivity contribution >= 4 is 5.91 Å². The summed E-state index contributed by atoms with van der Waals surface area (Å²) < 4.78 is 7.38. The zero-order valence-electron chi connectivity index (χ0n) is 12.6. The van der Waals surface area contributed by atoms with E-state index in [-0.39, 0.29) is 12.0 Å². The number of carbonyl (C=O) groups excluding carboxylic acids is 1. The van der Waals surface area contributed by atoms with Gasteiger partial charge >= 0.3 is 0 Å². The average Bonchev–Trinajstić information content (AvgIpc) is 2.94. The molecule has 8 nitrogen and oxygen atoms in total. The van der Waals surface area contributed by atoms with Crippen molar-refractivity contribution in [2.24, 2.45) is 7.05 Å². The van der Waals surface area contributed by atoms with E-state index in [0.717, 1.165) is 12.8 Å². The molecule has 2 aromatic heterocycles. The Morgan fingerprint density at radius 2 is 2.14 bits per heavy atom. The summed E-state index contributed by atoms with van der Waals surface area (Å²) in [5.74, 6) is 1.20. The van der Waals surface area contributed by atoms with E-state index in [9.17, 15) is 4.79 Å². The van der Waals surface area contributed by atoms with E-state index in [0.29, 0.717) is 30.5 Å². The number of hydrogen-bond donors (Lipinski definition) is 0. The molecule has 0 aliphatic carbocycles. The lowest BCUT2D eigenvalue weighted by molar-refractivity contribution is 0.0582. The summed E-state index contributed by atoms with van der Waals surface area (Å²) in [6.45, 7) is 3.11. The number of rotatable bonds is 3. The fraction of sp³-hybridized carbons (Fsp3) is 0.500. The third-order valence-electron chi connectivity index (χ3n) is 3.59. The predicted molar refractivity (Wildman–Crippen MR) is 77.3 cm³/mol. The van der Waals surface area contributed by atoms with Crippen molar-refractivity contribution < 1.29 is 9.53 Å². The van der Waals surface area contributed by atoms with Crippen molar-refractivity contribution in [3.8, 4) is 5.88 Å². The van der Waals surface area contributed by atoms with Gasteiger partial charge in [0, 0.05) is 45.2 Å². The van der Waals surface area contributed by atoms with Gasteiger partial charge in [-0.3, -0.25) is 9.48 Å². The van der Waals surface area contributed by atoms with E-state index >= 15 is 0 Å². The van der Waals surface area contributed by atoms with Crippen LogP contribution in [0.15, 0.2) is 18.5 Å². The molecule has 2 aromatic rings. The summed E-state index contributed by atoms with van der Waals surface area (Å²) in [6, 6.07) is 1.75. The summed E-state index contributed by atoms with van der Waals surface area (Å²) in [4.78, 5) is 22.3. The third-order valence-corrected chi connectivity index (χ3v) is 3.59. The molecule has 0 bridgehead atoms.